The van der Waals surface area contributed by atoms with E-state index in [2.05, 4.69) is 12.2 Å². The Morgan fingerprint density at radius 2 is 2.25 bits per heavy atom. The van der Waals surface area contributed by atoms with Crippen molar-refractivity contribution < 1.29 is 9.90 Å². The lowest BCUT2D eigenvalue weighted by molar-refractivity contribution is -0.131. The highest BCUT2D eigenvalue weighted by molar-refractivity contribution is 5.84. The number of rotatable bonds is 6. The van der Waals surface area contributed by atoms with E-state index in [9.17, 15) is 4.79 Å². The van der Waals surface area contributed by atoms with Gasteiger partial charge in [-0.05, 0) is 39.0 Å². The molecule has 1 heterocycles. The fourth-order valence-electron chi connectivity index (χ4n) is 2.37. The topological polar surface area (TPSA) is 52.6 Å². The number of hydrogen-bond acceptors (Lipinski definition) is 3. The molecule has 2 N–H and O–H groups in total. The van der Waals surface area contributed by atoms with Crippen LogP contribution in [0.5, 0.6) is 0 Å². The zero-order valence-corrected chi connectivity index (χ0v) is 9.98. The SMILES string of the molecule is CC(CCCO)N1CCC(NC2CC2)C1=O. The highest BCUT2D eigenvalue weighted by atomic mass is 16.3. The third kappa shape index (κ3) is 2.74. The molecule has 0 aromatic carbocycles. The summed E-state index contributed by atoms with van der Waals surface area (Å²) in [7, 11) is 0. The fourth-order valence-corrected chi connectivity index (χ4v) is 2.37. The van der Waals surface area contributed by atoms with Crippen LogP contribution < -0.4 is 5.32 Å². The first-order valence-corrected chi connectivity index (χ1v) is 6.39. The summed E-state index contributed by atoms with van der Waals surface area (Å²) in [4.78, 5) is 14.0. The van der Waals surface area contributed by atoms with Crippen molar-refractivity contribution in [3.63, 3.8) is 0 Å². The van der Waals surface area contributed by atoms with E-state index in [1.165, 1.54) is 12.8 Å². The van der Waals surface area contributed by atoms with Gasteiger partial charge < -0.3 is 15.3 Å². The number of nitrogens with zero attached hydrogens (tertiary/aromatic N) is 1. The van der Waals surface area contributed by atoms with E-state index < -0.39 is 0 Å². The van der Waals surface area contributed by atoms with Gasteiger partial charge in [0.2, 0.25) is 5.91 Å². The molecule has 0 bridgehead atoms. The predicted octanol–water partition coefficient (Wildman–Crippen LogP) is 0.500. The van der Waals surface area contributed by atoms with Gasteiger partial charge in [-0.25, -0.2) is 0 Å². The summed E-state index contributed by atoms with van der Waals surface area (Å²) in [5, 5.41) is 12.2. The molecular weight excluding hydrogens is 204 g/mol. The Labute approximate surface area is 97.0 Å². The smallest absolute Gasteiger partial charge is 0.240 e. The van der Waals surface area contributed by atoms with Crippen molar-refractivity contribution in [1.82, 2.24) is 10.2 Å². The van der Waals surface area contributed by atoms with E-state index in [-0.39, 0.29) is 24.6 Å². The van der Waals surface area contributed by atoms with Gasteiger partial charge in [0, 0.05) is 25.2 Å². The lowest BCUT2D eigenvalue weighted by Gasteiger charge is -2.24. The Morgan fingerprint density at radius 1 is 1.50 bits per heavy atom. The molecule has 0 aromatic rings. The summed E-state index contributed by atoms with van der Waals surface area (Å²) in [6.45, 7) is 3.17. The van der Waals surface area contributed by atoms with Crippen LogP contribution in [-0.4, -0.2) is 47.2 Å². The zero-order chi connectivity index (χ0) is 11.5. The Hall–Kier alpha value is -0.610. The zero-order valence-electron chi connectivity index (χ0n) is 9.98. The molecule has 1 saturated heterocycles. The van der Waals surface area contributed by atoms with Crippen molar-refractivity contribution in [2.45, 2.75) is 57.2 Å². The van der Waals surface area contributed by atoms with Crippen molar-refractivity contribution in [2.75, 3.05) is 13.2 Å². The van der Waals surface area contributed by atoms with E-state index in [1.807, 2.05) is 4.90 Å². The first kappa shape index (κ1) is 11.9. The first-order valence-electron chi connectivity index (χ1n) is 6.39. The van der Waals surface area contributed by atoms with Crippen molar-refractivity contribution in [2.24, 2.45) is 0 Å². The maximum absolute atomic E-state index is 12.1. The number of amides is 1. The number of likely N-dealkylation sites (tertiary alicyclic amines) is 1. The number of aliphatic hydroxyl groups is 1. The number of carbonyl (C=O) groups is 1. The van der Waals surface area contributed by atoms with E-state index in [0.717, 1.165) is 25.8 Å². The Kier molecular flexibility index (Phi) is 3.82. The summed E-state index contributed by atoms with van der Waals surface area (Å²) in [5.41, 5.74) is 0. The van der Waals surface area contributed by atoms with Gasteiger partial charge in [0.05, 0.1) is 6.04 Å². The maximum atomic E-state index is 12.1. The Bertz CT molecular complexity index is 253. The lowest BCUT2D eigenvalue weighted by Crippen LogP contribution is -2.42. The Balaban J connectivity index is 1.80. The summed E-state index contributed by atoms with van der Waals surface area (Å²) in [5.74, 6) is 0.261. The highest BCUT2D eigenvalue weighted by Gasteiger charge is 2.37. The molecule has 0 radical (unpaired) electrons. The monoisotopic (exact) mass is 226 g/mol. The van der Waals surface area contributed by atoms with Gasteiger partial charge in [-0.1, -0.05) is 0 Å². The molecule has 1 saturated carbocycles. The number of carbonyl (C=O) groups excluding carboxylic acids is 1. The lowest BCUT2D eigenvalue weighted by atomic mass is 10.1. The molecule has 2 atom stereocenters. The summed E-state index contributed by atoms with van der Waals surface area (Å²) >= 11 is 0. The molecule has 2 rings (SSSR count). The molecule has 0 aromatic heterocycles. The minimum Gasteiger partial charge on any atom is -0.396 e. The number of nitrogens with one attached hydrogen (secondary N) is 1. The third-order valence-electron chi connectivity index (χ3n) is 3.57. The standard InChI is InChI=1S/C12H22N2O2/c1-9(3-2-8-15)14-7-6-11(12(14)16)13-10-4-5-10/h9-11,13,15H,2-8H2,1H3. The van der Waals surface area contributed by atoms with Crippen LogP contribution in [0.3, 0.4) is 0 Å². The molecule has 1 aliphatic heterocycles. The van der Waals surface area contributed by atoms with E-state index in [0.29, 0.717) is 6.04 Å². The van der Waals surface area contributed by atoms with Crippen LogP contribution in [-0.2, 0) is 4.79 Å². The second kappa shape index (κ2) is 5.15. The van der Waals surface area contributed by atoms with Crippen LogP contribution in [0.2, 0.25) is 0 Å². The summed E-state index contributed by atoms with van der Waals surface area (Å²) in [6, 6.07) is 0.927. The fraction of sp³-hybridized carbons (Fsp3) is 0.917. The first-order chi connectivity index (χ1) is 7.72. The van der Waals surface area contributed by atoms with Crippen LogP contribution in [0.1, 0.15) is 39.0 Å². The minimum absolute atomic E-state index is 0.0593. The number of hydrogen-bond donors (Lipinski definition) is 2. The molecule has 16 heavy (non-hydrogen) atoms. The molecule has 1 amide bonds. The molecule has 1 aliphatic carbocycles. The van der Waals surface area contributed by atoms with Gasteiger partial charge in [0.1, 0.15) is 0 Å². The summed E-state index contributed by atoms with van der Waals surface area (Å²) < 4.78 is 0. The summed E-state index contributed by atoms with van der Waals surface area (Å²) in [6.07, 6.45) is 5.08. The largest absolute Gasteiger partial charge is 0.396 e. The molecule has 92 valence electrons. The van der Waals surface area contributed by atoms with Gasteiger partial charge in [-0.15, -0.1) is 0 Å². The second-order valence-corrected chi connectivity index (χ2v) is 5.03. The quantitative estimate of drug-likeness (QED) is 0.693. The molecule has 4 nitrogen and oxygen atoms in total. The minimum atomic E-state index is 0.0593. The maximum Gasteiger partial charge on any atom is 0.240 e. The van der Waals surface area contributed by atoms with E-state index in [1.54, 1.807) is 0 Å². The number of aliphatic hydroxyl groups excluding tert-OH is 1. The van der Waals surface area contributed by atoms with Gasteiger partial charge in [0.15, 0.2) is 0 Å². The highest BCUT2D eigenvalue weighted by Crippen LogP contribution is 2.24. The molecule has 2 aliphatic rings. The van der Waals surface area contributed by atoms with Crippen molar-refractivity contribution in [3.8, 4) is 0 Å². The van der Waals surface area contributed by atoms with Crippen molar-refractivity contribution in [3.05, 3.63) is 0 Å². The van der Waals surface area contributed by atoms with Crippen LogP contribution >= 0.6 is 0 Å². The van der Waals surface area contributed by atoms with Crippen molar-refractivity contribution >= 4 is 5.91 Å². The van der Waals surface area contributed by atoms with Gasteiger partial charge in [-0.2, -0.15) is 0 Å². The molecule has 2 unspecified atom stereocenters. The Morgan fingerprint density at radius 3 is 2.88 bits per heavy atom. The van der Waals surface area contributed by atoms with Gasteiger partial charge in [0.25, 0.3) is 0 Å². The van der Waals surface area contributed by atoms with E-state index in [4.69, 9.17) is 5.11 Å². The van der Waals surface area contributed by atoms with Crippen LogP contribution in [0, 0.1) is 0 Å². The normalized spacial score (nSPS) is 27.5. The second-order valence-electron chi connectivity index (χ2n) is 5.03. The van der Waals surface area contributed by atoms with Crippen LogP contribution in [0.15, 0.2) is 0 Å². The molecule has 2 fully saturated rings. The van der Waals surface area contributed by atoms with Gasteiger partial charge in [-0.3, -0.25) is 4.79 Å². The predicted molar refractivity (Wildman–Crippen MR) is 62.1 cm³/mol. The van der Waals surface area contributed by atoms with Crippen molar-refractivity contribution in [1.29, 1.82) is 0 Å². The van der Waals surface area contributed by atoms with Gasteiger partial charge >= 0.3 is 0 Å². The van der Waals surface area contributed by atoms with E-state index >= 15 is 0 Å². The molecule has 0 spiro atoms. The third-order valence-corrected chi connectivity index (χ3v) is 3.57. The average molecular weight is 226 g/mol. The molecule has 4 heteroatoms. The van der Waals surface area contributed by atoms with Crippen LogP contribution in [0.25, 0.3) is 0 Å². The average Bonchev–Trinajstić information content (AvgIpc) is 3.01. The van der Waals surface area contributed by atoms with Crippen LogP contribution in [0.4, 0.5) is 0 Å². The molecular formula is C12H22N2O2.